The van der Waals surface area contributed by atoms with Gasteiger partial charge in [0.25, 0.3) is 0 Å². The van der Waals surface area contributed by atoms with Gasteiger partial charge < -0.3 is 15.6 Å². The minimum absolute atomic E-state index is 0.0466. The predicted octanol–water partition coefficient (Wildman–Crippen LogP) is 1.84. The summed E-state index contributed by atoms with van der Waals surface area (Å²) in [4.78, 5) is 0. The Kier molecular flexibility index (Phi) is 3.66. The van der Waals surface area contributed by atoms with Gasteiger partial charge in [0.15, 0.2) is 0 Å². The van der Waals surface area contributed by atoms with Gasteiger partial charge in [-0.05, 0) is 6.07 Å². The Hall–Kier alpha value is -1.82. The van der Waals surface area contributed by atoms with Crippen molar-refractivity contribution in [2.45, 2.75) is 6.42 Å². The Morgan fingerprint density at radius 2 is 2.28 bits per heavy atom. The molecule has 0 saturated carbocycles. The van der Waals surface area contributed by atoms with Crippen LogP contribution in [0.2, 0.25) is 5.02 Å². The molecular formula is C11H13ClFN5. The van der Waals surface area contributed by atoms with Crippen molar-refractivity contribution in [2.75, 3.05) is 17.6 Å². The number of aryl methyl sites for hydroxylation is 1. The minimum Gasteiger partial charge on any atom is -0.397 e. The summed E-state index contributed by atoms with van der Waals surface area (Å²) >= 11 is 5.69. The van der Waals surface area contributed by atoms with Crippen molar-refractivity contribution in [3.63, 3.8) is 0 Å². The number of hydrogen-bond donors (Lipinski definition) is 2. The summed E-state index contributed by atoms with van der Waals surface area (Å²) in [6, 6.07) is 2.68. The van der Waals surface area contributed by atoms with Crippen molar-refractivity contribution in [1.82, 2.24) is 14.8 Å². The lowest BCUT2D eigenvalue weighted by Gasteiger charge is -2.09. The number of nitrogens with one attached hydrogen (secondary N) is 1. The topological polar surface area (TPSA) is 68.8 Å². The van der Waals surface area contributed by atoms with Crippen molar-refractivity contribution in [3.8, 4) is 0 Å². The van der Waals surface area contributed by atoms with Crippen LogP contribution in [0.5, 0.6) is 0 Å². The van der Waals surface area contributed by atoms with Crippen LogP contribution in [-0.4, -0.2) is 21.3 Å². The number of benzene rings is 1. The summed E-state index contributed by atoms with van der Waals surface area (Å²) in [6.07, 6.45) is 2.32. The van der Waals surface area contributed by atoms with E-state index in [2.05, 4.69) is 15.5 Å². The fourth-order valence-electron chi connectivity index (χ4n) is 1.56. The van der Waals surface area contributed by atoms with Gasteiger partial charge in [0.1, 0.15) is 18.0 Å². The Bertz CT molecular complexity index is 554. The number of aromatic nitrogens is 3. The summed E-state index contributed by atoms with van der Waals surface area (Å²) in [6.45, 7) is 0.610. The van der Waals surface area contributed by atoms with Crippen molar-refractivity contribution < 1.29 is 4.39 Å². The molecule has 0 spiro atoms. The van der Waals surface area contributed by atoms with Gasteiger partial charge in [0.2, 0.25) is 0 Å². The zero-order chi connectivity index (χ0) is 13.1. The molecule has 0 atom stereocenters. The summed E-state index contributed by atoms with van der Waals surface area (Å²) in [5.74, 6) is 0.335. The zero-order valence-electron chi connectivity index (χ0n) is 9.82. The number of nitrogens with zero attached hydrogens (tertiary/aromatic N) is 3. The predicted molar refractivity (Wildman–Crippen MR) is 69.0 cm³/mol. The third-order valence-electron chi connectivity index (χ3n) is 2.56. The van der Waals surface area contributed by atoms with E-state index in [-0.39, 0.29) is 5.02 Å². The average Bonchev–Trinajstić information content (AvgIpc) is 2.72. The van der Waals surface area contributed by atoms with E-state index >= 15 is 0 Å². The molecule has 0 radical (unpaired) electrons. The van der Waals surface area contributed by atoms with Gasteiger partial charge in [-0.15, -0.1) is 10.2 Å². The van der Waals surface area contributed by atoms with E-state index in [0.717, 1.165) is 5.82 Å². The lowest BCUT2D eigenvalue weighted by Crippen LogP contribution is -2.10. The molecule has 0 aliphatic heterocycles. The number of hydrogen-bond acceptors (Lipinski definition) is 4. The lowest BCUT2D eigenvalue weighted by molar-refractivity contribution is 0.629. The molecule has 0 aliphatic carbocycles. The highest BCUT2D eigenvalue weighted by Gasteiger charge is 2.06. The van der Waals surface area contributed by atoms with E-state index < -0.39 is 5.82 Å². The molecule has 7 heteroatoms. The number of nitrogen functional groups attached to an aromatic ring is 1. The lowest BCUT2D eigenvalue weighted by atomic mass is 10.2. The van der Waals surface area contributed by atoms with Crippen molar-refractivity contribution >= 4 is 23.0 Å². The van der Waals surface area contributed by atoms with E-state index in [9.17, 15) is 4.39 Å². The first-order chi connectivity index (χ1) is 8.58. The van der Waals surface area contributed by atoms with Crippen LogP contribution in [0, 0.1) is 5.82 Å². The van der Waals surface area contributed by atoms with Gasteiger partial charge in [-0.3, -0.25) is 0 Å². The molecule has 1 aromatic carbocycles. The molecule has 0 bridgehead atoms. The third kappa shape index (κ3) is 2.70. The van der Waals surface area contributed by atoms with Crippen LogP contribution in [-0.2, 0) is 13.5 Å². The SMILES string of the molecule is Cn1cnnc1CCNc1cc(Cl)c(F)cc1N. The Labute approximate surface area is 109 Å². The summed E-state index contributed by atoms with van der Waals surface area (Å²) in [5, 5.41) is 10.9. The van der Waals surface area contributed by atoms with Gasteiger partial charge in [-0.1, -0.05) is 11.6 Å². The van der Waals surface area contributed by atoms with Gasteiger partial charge in [0.05, 0.1) is 16.4 Å². The monoisotopic (exact) mass is 269 g/mol. The highest BCUT2D eigenvalue weighted by atomic mass is 35.5. The molecule has 2 aromatic rings. The van der Waals surface area contributed by atoms with E-state index in [1.165, 1.54) is 12.1 Å². The molecular weight excluding hydrogens is 257 g/mol. The maximum atomic E-state index is 13.1. The van der Waals surface area contributed by atoms with E-state index in [1.807, 2.05) is 11.6 Å². The molecule has 2 rings (SSSR count). The van der Waals surface area contributed by atoms with Crippen molar-refractivity contribution in [2.24, 2.45) is 7.05 Å². The second kappa shape index (κ2) is 5.22. The first kappa shape index (κ1) is 12.6. The molecule has 0 saturated heterocycles. The van der Waals surface area contributed by atoms with E-state index in [1.54, 1.807) is 6.33 Å². The summed E-state index contributed by atoms with van der Waals surface area (Å²) in [7, 11) is 1.87. The summed E-state index contributed by atoms with van der Waals surface area (Å²) < 4.78 is 14.9. The number of halogens is 2. The highest BCUT2D eigenvalue weighted by Crippen LogP contribution is 2.26. The standard InChI is InChI=1S/C11H13ClFN5/c1-18-6-16-17-11(18)2-3-15-10-4-7(12)8(13)5-9(10)14/h4-6,15H,2-3,14H2,1H3. The van der Waals surface area contributed by atoms with Crippen LogP contribution < -0.4 is 11.1 Å². The average molecular weight is 270 g/mol. The molecule has 0 unspecified atom stereocenters. The second-order valence-electron chi connectivity index (χ2n) is 3.89. The highest BCUT2D eigenvalue weighted by molar-refractivity contribution is 6.31. The first-order valence-electron chi connectivity index (χ1n) is 5.39. The molecule has 0 amide bonds. The van der Waals surface area contributed by atoms with Gasteiger partial charge >= 0.3 is 0 Å². The second-order valence-corrected chi connectivity index (χ2v) is 4.30. The number of nitrogens with two attached hydrogens (primary N) is 1. The molecule has 1 heterocycles. The molecule has 0 fully saturated rings. The normalized spacial score (nSPS) is 10.6. The van der Waals surface area contributed by atoms with Crippen LogP contribution in [0.1, 0.15) is 5.82 Å². The fraction of sp³-hybridized carbons (Fsp3) is 0.273. The van der Waals surface area contributed by atoms with E-state index in [0.29, 0.717) is 24.3 Å². The Morgan fingerprint density at radius 1 is 1.50 bits per heavy atom. The molecule has 96 valence electrons. The molecule has 3 N–H and O–H groups in total. The maximum Gasteiger partial charge on any atom is 0.143 e. The van der Waals surface area contributed by atoms with Crippen LogP contribution in [0.15, 0.2) is 18.5 Å². The summed E-state index contributed by atoms with van der Waals surface area (Å²) in [5.41, 5.74) is 6.63. The third-order valence-corrected chi connectivity index (χ3v) is 2.85. The van der Waals surface area contributed by atoms with Crippen molar-refractivity contribution in [1.29, 1.82) is 0 Å². The van der Waals surface area contributed by atoms with Gasteiger partial charge in [-0.2, -0.15) is 0 Å². The molecule has 1 aromatic heterocycles. The van der Waals surface area contributed by atoms with E-state index in [4.69, 9.17) is 17.3 Å². The fourth-order valence-corrected chi connectivity index (χ4v) is 1.72. The molecule has 5 nitrogen and oxygen atoms in total. The van der Waals surface area contributed by atoms with Crippen LogP contribution in [0.3, 0.4) is 0 Å². The zero-order valence-corrected chi connectivity index (χ0v) is 10.6. The molecule has 18 heavy (non-hydrogen) atoms. The maximum absolute atomic E-state index is 13.1. The van der Waals surface area contributed by atoms with Gasteiger partial charge in [-0.25, -0.2) is 4.39 Å². The van der Waals surface area contributed by atoms with Crippen LogP contribution in [0.25, 0.3) is 0 Å². The van der Waals surface area contributed by atoms with Crippen LogP contribution >= 0.6 is 11.6 Å². The number of rotatable bonds is 4. The van der Waals surface area contributed by atoms with Crippen LogP contribution in [0.4, 0.5) is 15.8 Å². The Morgan fingerprint density at radius 3 is 2.94 bits per heavy atom. The quantitative estimate of drug-likeness (QED) is 0.831. The van der Waals surface area contributed by atoms with Crippen molar-refractivity contribution in [3.05, 3.63) is 35.1 Å². The minimum atomic E-state index is -0.520. The largest absolute Gasteiger partial charge is 0.397 e. The molecule has 0 aliphatic rings. The number of anilines is 2. The smallest absolute Gasteiger partial charge is 0.143 e. The first-order valence-corrected chi connectivity index (χ1v) is 5.77. The Balaban J connectivity index is 1.99. The van der Waals surface area contributed by atoms with Gasteiger partial charge in [0, 0.05) is 26.1 Å².